The van der Waals surface area contributed by atoms with Crippen molar-refractivity contribution in [2.45, 2.75) is 25.3 Å². The summed E-state index contributed by atoms with van der Waals surface area (Å²) in [5, 5.41) is 14.2. The molecule has 1 atom stereocenters. The molecule has 1 aromatic rings. The van der Waals surface area contributed by atoms with Gasteiger partial charge < -0.3 is 24.8 Å². The number of carbonyl (C=O) groups excluding carboxylic acids is 3. The van der Waals surface area contributed by atoms with Gasteiger partial charge in [0.2, 0.25) is 0 Å². The van der Waals surface area contributed by atoms with Crippen LogP contribution in [0.1, 0.15) is 30.1 Å². The van der Waals surface area contributed by atoms with Gasteiger partial charge in [-0.2, -0.15) is 5.26 Å². The molecule has 0 saturated heterocycles. The van der Waals surface area contributed by atoms with E-state index in [1.54, 1.807) is 13.0 Å². The van der Waals surface area contributed by atoms with Gasteiger partial charge in [-0.3, -0.25) is 14.4 Å². The van der Waals surface area contributed by atoms with E-state index in [9.17, 15) is 19.6 Å². The van der Waals surface area contributed by atoms with Crippen LogP contribution in [0.15, 0.2) is 18.2 Å². The largest absolute Gasteiger partial charge is 0.497 e. The number of hydrogen-bond donors (Lipinski definition) is 2. The third kappa shape index (κ3) is 5.61. The first-order chi connectivity index (χ1) is 13.3. The van der Waals surface area contributed by atoms with Crippen LogP contribution in [0.25, 0.3) is 0 Å². The van der Waals surface area contributed by atoms with Gasteiger partial charge >= 0.3 is 5.97 Å². The molecule has 0 spiro atoms. The third-order valence-electron chi connectivity index (χ3n) is 4.40. The number of esters is 1. The summed E-state index contributed by atoms with van der Waals surface area (Å²) >= 11 is 0. The summed E-state index contributed by atoms with van der Waals surface area (Å²) in [6.45, 7) is 0.711. The van der Waals surface area contributed by atoms with E-state index in [0.29, 0.717) is 11.5 Å². The summed E-state index contributed by atoms with van der Waals surface area (Å²) in [6.07, 6.45) is 1.76. The number of benzene rings is 1. The van der Waals surface area contributed by atoms with E-state index in [1.807, 2.05) is 0 Å². The van der Waals surface area contributed by atoms with Gasteiger partial charge in [-0.1, -0.05) is 0 Å². The Balaban J connectivity index is 1.80. The number of methoxy groups -OCH3 is 2. The second kappa shape index (κ2) is 9.08. The van der Waals surface area contributed by atoms with E-state index in [2.05, 4.69) is 16.7 Å². The minimum absolute atomic E-state index is 0.122. The lowest BCUT2D eigenvalue weighted by Gasteiger charge is -2.22. The molecule has 9 heteroatoms. The number of carbonyl (C=O) groups is 3. The monoisotopic (exact) mass is 389 g/mol. The second-order valence-corrected chi connectivity index (χ2v) is 6.58. The Morgan fingerprint density at radius 2 is 1.79 bits per heavy atom. The fraction of sp³-hybridized carbons (Fsp3) is 0.474. The van der Waals surface area contributed by atoms with E-state index in [4.69, 9.17) is 14.2 Å². The molecule has 1 aliphatic carbocycles. The first kappa shape index (κ1) is 21.0. The summed E-state index contributed by atoms with van der Waals surface area (Å²) < 4.78 is 15.0. The number of nitrogens with one attached hydrogen (secondary N) is 2. The Labute approximate surface area is 162 Å². The van der Waals surface area contributed by atoms with Crippen molar-refractivity contribution in [3.63, 3.8) is 0 Å². The van der Waals surface area contributed by atoms with Gasteiger partial charge in [0, 0.05) is 11.6 Å². The summed E-state index contributed by atoms with van der Waals surface area (Å²) in [5.74, 6) is -0.878. The number of ether oxygens (including phenoxy) is 3. The van der Waals surface area contributed by atoms with Gasteiger partial charge in [0.15, 0.2) is 6.61 Å². The highest BCUT2D eigenvalue weighted by atomic mass is 16.5. The van der Waals surface area contributed by atoms with Crippen LogP contribution >= 0.6 is 0 Å². The van der Waals surface area contributed by atoms with Crippen molar-refractivity contribution in [3.05, 3.63) is 23.8 Å². The fourth-order valence-corrected chi connectivity index (χ4v) is 2.60. The Morgan fingerprint density at radius 1 is 1.18 bits per heavy atom. The molecule has 150 valence electrons. The predicted octanol–water partition coefficient (Wildman–Crippen LogP) is 0.785. The molecule has 28 heavy (non-hydrogen) atoms. The highest BCUT2D eigenvalue weighted by Gasteiger charge is 2.43. The molecule has 0 radical (unpaired) electrons. The number of hydrogen-bond acceptors (Lipinski definition) is 7. The standard InChI is InChI=1S/C19H23N3O6/c1-19(11-20,13-4-5-13)22-16(23)10-28-17(24)9-21-18(25)12-6-14(26-2)8-15(7-12)27-3/h6-8,13H,4-5,9-10H2,1-3H3,(H,21,25)(H,22,23)/t19-/m1/s1. The lowest BCUT2D eigenvalue weighted by molar-refractivity contribution is -0.147. The Hall–Kier alpha value is -3.28. The maximum atomic E-state index is 12.2. The normalized spacial score (nSPS) is 14.8. The molecule has 0 aliphatic heterocycles. The highest BCUT2D eigenvalue weighted by Crippen LogP contribution is 2.39. The molecule has 0 unspecified atom stereocenters. The van der Waals surface area contributed by atoms with Gasteiger partial charge in [-0.05, 0) is 37.8 Å². The van der Waals surface area contributed by atoms with Gasteiger partial charge in [0.25, 0.3) is 11.8 Å². The maximum Gasteiger partial charge on any atom is 0.325 e. The van der Waals surface area contributed by atoms with Crippen molar-refractivity contribution >= 4 is 17.8 Å². The van der Waals surface area contributed by atoms with Crippen molar-refractivity contribution in [2.24, 2.45) is 5.92 Å². The topological polar surface area (TPSA) is 127 Å². The van der Waals surface area contributed by atoms with Crippen LogP contribution in [0, 0.1) is 17.2 Å². The van der Waals surface area contributed by atoms with Gasteiger partial charge in [-0.25, -0.2) is 0 Å². The zero-order valence-corrected chi connectivity index (χ0v) is 16.0. The van der Waals surface area contributed by atoms with Crippen molar-refractivity contribution in [1.29, 1.82) is 5.26 Å². The lowest BCUT2D eigenvalue weighted by Crippen LogP contribution is -2.48. The van der Waals surface area contributed by atoms with Crippen LogP contribution in [0.2, 0.25) is 0 Å². The average molecular weight is 389 g/mol. The number of nitrogens with zero attached hydrogens (tertiary/aromatic N) is 1. The number of amides is 2. The minimum Gasteiger partial charge on any atom is -0.497 e. The van der Waals surface area contributed by atoms with Crippen LogP contribution < -0.4 is 20.1 Å². The predicted molar refractivity (Wildman–Crippen MR) is 97.7 cm³/mol. The van der Waals surface area contributed by atoms with Gasteiger partial charge in [0.1, 0.15) is 23.6 Å². The number of nitriles is 1. The second-order valence-electron chi connectivity index (χ2n) is 6.58. The summed E-state index contributed by atoms with van der Waals surface area (Å²) in [4.78, 5) is 35.9. The zero-order chi connectivity index (χ0) is 20.7. The van der Waals surface area contributed by atoms with E-state index in [0.717, 1.165) is 12.8 Å². The molecule has 2 amide bonds. The van der Waals surface area contributed by atoms with Gasteiger partial charge in [-0.15, -0.1) is 0 Å². The molecule has 2 rings (SSSR count). The zero-order valence-electron chi connectivity index (χ0n) is 16.0. The Bertz CT molecular complexity index is 777. The van der Waals surface area contributed by atoms with Crippen LogP contribution in [0.3, 0.4) is 0 Å². The highest BCUT2D eigenvalue weighted by molar-refractivity contribution is 5.96. The average Bonchev–Trinajstić information content (AvgIpc) is 3.55. The van der Waals surface area contributed by atoms with Gasteiger partial charge in [0.05, 0.1) is 20.3 Å². The summed E-state index contributed by atoms with van der Waals surface area (Å²) in [7, 11) is 2.92. The minimum atomic E-state index is -0.955. The molecule has 1 aliphatic rings. The summed E-state index contributed by atoms with van der Waals surface area (Å²) in [6, 6.07) is 6.69. The van der Waals surface area contributed by atoms with Crippen LogP contribution in [0.5, 0.6) is 11.5 Å². The summed E-state index contributed by atoms with van der Waals surface area (Å²) in [5.41, 5.74) is -0.709. The van der Waals surface area contributed by atoms with Crippen LogP contribution in [-0.4, -0.2) is 50.7 Å². The SMILES string of the molecule is COc1cc(OC)cc(C(=O)NCC(=O)OCC(=O)N[C@](C)(C#N)C2CC2)c1. The smallest absolute Gasteiger partial charge is 0.325 e. The maximum absolute atomic E-state index is 12.2. The molecular weight excluding hydrogens is 366 g/mol. The van der Waals surface area contributed by atoms with E-state index < -0.39 is 36.5 Å². The molecule has 0 aromatic heterocycles. The first-order valence-corrected chi connectivity index (χ1v) is 8.70. The Kier molecular flexibility index (Phi) is 6.82. The van der Waals surface area contributed by atoms with E-state index in [1.165, 1.54) is 26.4 Å². The van der Waals surface area contributed by atoms with E-state index in [-0.39, 0.29) is 11.5 Å². The Morgan fingerprint density at radius 3 is 2.29 bits per heavy atom. The molecule has 1 aromatic carbocycles. The molecule has 0 bridgehead atoms. The van der Waals surface area contributed by atoms with Crippen molar-refractivity contribution < 1.29 is 28.6 Å². The lowest BCUT2D eigenvalue weighted by atomic mass is 9.98. The molecule has 1 fully saturated rings. The molecule has 9 nitrogen and oxygen atoms in total. The van der Waals surface area contributed by atoms with Crippen molar-refractivity contribution in [2.75, 3.05) is 27.4 Å². The quantitative estimate of drug-likeness (QED) is 0.598. The van der Waals surface area contributed by atoms with E-state index >= 15 is 0 Å². The number of rotatable bonds is 9. The molecular formula is C19H23N3O6. The van der Waals surface area contributed by atoms with Crippen molar-refractivity contribution in [3.8, 4) is 17.6 Å². The molecule has 1 saturated carbocycles. The van der Waals surface area contributed by atoms with Crippen LogP contribution in [0.4, 0.5) is 0 Å². The van der Waals surface area contributed by atoms with Crippen LogP contribution in [-0.2, 0) is 14.3 Å². The fourth-order valence-electron chi connectivity index (χ4n) is 2.60. The van der Waals surface area contributed by atoms with Crippen molar-refractivity contribution in [1.82, 2.24) is 10.6 Å². The first-order valence-electron chi connectivity index (χ1n) is 8.70. The third-order valence-corrected chi connectivity index (χ3v) is 4.40. The molecule has 0 heterocycles. The molecule has 2 N–H and O–H groups in total.